The van der Waals surface area contributed by atoms with Crippen molar-refractivity contribution in [2.75, 3.05) is 24.5 Å². The van der Waals surface area contributed by atoms with Crippen LogP contribution in [-0.2, 0) is 11.3 Å². The molecule has 5 heteroatoms. The fraction of sp³-hybridized carbons (Fsp3) is 0.714. The van der Waals surface area contributed by atoms with E-state index in [1.165, 1.54) is 12.8 Å². The first-order chi connectivity index (χ1) is 9.35. The van der Waals surface area contributed by atoms with Crippen molar-refractivity contribution < 1.29 is 4.74 Å². The molecule has 5 nitrogen and oxygen atoms in total. The van der Waals surface area contributed by atoms with Gasteiger partial charge in [-0.3, -0.25) is 4.98 Å². The first kappa shape index (κ1) is 12.8. The van der Waals surface area contributed by atoms with Crippen LogP contribution in [0.25, 0.3) is 0 Å². The minimum absolute atomic E-state index is 0.395. The minimum atomic E-state index is 0.395. The van der Waals surface area contributed by atoms with Gasteiger partial charge >= 0.3 is 0 Å². The zero-order valence-electron chi connectivity index (χ0n) is 11.5. The van der Waals surface area contributed by atoms with Gasteiger partial charge in [0.15, 0.2) is 0 Å². The lowest BCUT2D eigenvalue weighted by molar-refractivity contribution is 0.0302. The largest absolute Gasteiger partial charge is 0.371 e. The number of morpholine rings is 1. The van der Waals surface area contributed by atoms with Crippen molar-refractivity contribution >= 4 is 5.82 Å². The van der Waals surface area contributed by atoms with E-state index in [-0.39, 0.29) is 0 Å². The standard InChI is InChI=1S/C14H22N4O/c1-2-5-15-6-11-7-17-14(8-16-11)18-9-12-3-4-13(10-18)19-12/h7-8,12-13,15H,2-6,9-10H2,1H3. The summed E-state index contributed by atoms with van der Waals surface area (Å²) in [5.74, 6) is 0.986. The lowest BCUT2D eigenvalue weighted by atomic mass is 10.2. The van der Waals surface area contributed by atoms with E-state index in [2.05, 4.69) is 27.1 Å². The van der Waals surface area contributed by atoms with Crippen molar-refractivity contribution in [1.29, 1.82) is 0 Å². The normalized spacial score (nSPS) is 25.8. The smallest absolute Gasteiger partial charge is 0.147 e. The summed E-state index contributed by atoms with van der Waals surface area (Å²) in [7, 11) is 0. The van der Waals surface area contributed by atoms with Gasteiger partial charge in [-0.15, -0.1) is 0 Å². The molecule has 1 aromatic heterocycles. The van der Waals surface area contributed by atoms with Crippen LogP contribution in [0, 0.1) is 0 Å². The molecule has 2 fully saturated rings. The second-order valence-corrected chi connectivity index (χ2v) is 5.41. The van der Waals surface area contributed by atoms with Crippen LogP contribution in [0.15, 0.2) is 12.4 Å². The lowest BCUT2D eigenvalue weighted by Crippen LogP contribution is -2.43. The van der Waals surface area contributed by atoms with Crippen molar-refractivity contribution in [3.8, 4) is 0 Å². The first-order valence-electron chi connectivity index (χ1n) is 7.27. The third kappa shape index (κ3) is 3.04. The Balaban J connectivity index is 1.59. The van der Waals surface area contributed by atoms with Crippen molar-refractivity contribution in [3.63, 3.8) is 0 Å². The molecule has 19 heavy (non-hydrogen) atoms. The van der Waals surface area contributed by atoms with E-state index >= 15 is 0 Å². The van der Waals surface area contributed by atoms with Crippen molar-refractivity contribution in [2.24, 2.45) is 0 Å². The first-order valence-corrected chi connectivity index (χ1v) is 7.27. The number of hydrogen-bond donors (Lipinski definition) is 1. The molecular formula is C14H22N4O. The Kier molecular flexibility index (Phi) is 3.94. The van der Waals surface area contributed by atoms with Gasteiger partial charge < -0.3 is 15.0 Å². The Morgan fingerprint density at radius 3 is 2.68 bits per heavy atom. The predicted molar refractivity (Wildman–Crippen MR) is 74.1 cm³/mol. The van der Waals surface area contributed by atoms with Crippen LogP contribution >= 0.6 is 0 Å². The predicted octanol–water partition coefficient (Wildman–Crippen LogP) is 1.34. The Morgan fingerprint density at radius 2 is 2.05 bits per heavy atom. The Morgan fingerprint density at radius 1 is 1.26 bits per heavy atom. The highest BCUT2D eigenvalue weighted by Gasteiger charge is 2.34. The summed E-state index contributed by atoms with van der Waals surface area (Å²) in [6.07, 6.45) is 8.09. The van der Waals surface area contributed by atoms with Crippen LogP contribution in [0.1, 0.15) is 31.9 Å². The number of nitrogens with one attached hydrogen (secondary N) is 1. The van der Waals surface area contributed by atoms with Crippen molar-refractivity contribution in [3.05, 3.63) is 18.1 Å². The second kappa shape index (κ2) is 5.84. The van der Waals surface area contributed by atoms with Gasteiger partial charge in [-0.25, -0.2) is 4.98 Å². The van der Waals surface area contributed by atoms with Crippen LogP contribution in [0.3, 0.4) is 0 Å². The molecule has 2 bridgehead atoms. The molecule has 0 spiro atoms. The summed E-state index contributed by atoms with van der Waals surface area (Å²) >= 11 is 0. The van der Waals surface area contributed by atoms with Gasteiger partial charge in [0.2, 0.25) is 0 Å². The van der Waals surface area contributed by atoms with E-state index in [1.807, 2.05) is 12.4 Å². The number of rotatable bonds is 5. The summed E-state index contributed by atoms with van der Waals surface area (Å²) < 4.78 is 5.84. The number of ether oxygens (including phenoxy) is 1. The van der Waals surface area contributed by atoms with E-state index < -0.39 is 0 Å². The number of hydrogen-bond acceptors (Lipinski definition) is 5. The number of aromatic nitrogens is 2. The van der Waals surface area contributed by atoms with Crippen LogP contribution in [0.4, 0.5) is 5.82 Å². The molecule has 1 N–H and O–H groups in total. The third-order valence-electron chi connectivity index (χ3n) is 3.79. The maximum absolute atomic E-state index is 5.84. The average Bonchev–Trinajstić information content (AvgIpc) is 2.78. The average molecular weight is 262 g/mol. The molecular weight excluding hydrogens is 240 g/mol. The molecule has 2 aliphatic rings. The van der Waals surface area contributed by atoms with E-state index in [9.17, 15) is 0 Å². The highest BCUT2D eigenvalue weighted by molar-refractivity contribution is 5.37. The topological polar surface area (TPSA) is 50.3 Å². The van der Waals surface area contributed by atoms with Crippen LogP contribution < -0.4 is 10.2 Å². The fourth-order valence-electron chi connectivity index (χ4n) is 2.80. The summed E-state index contributed by atoms with van der Waals surface area (Å²) in [6.45, 7) is 5.90. The second-order valence-electron chi connectivity index (χ2n) is 5.41. The molecule has 3 heterocycles. The molecule has 0 aromatic carbocycles. The molecule has 2 atom stereocenters. The molecule has 3 rings (SSSR count). The maximum Gasteiger partial charge on any atom is 0.147 e. The van der Waals surface area contributed by atoms with Gasteiger partial charge in [0.1, 0.15) is 5.82 Å². The molecule has 0 saturated carbocycles. The van der Waals surface area contributed by atoms with Gasteiger partial charge in [0.05, 0.1) is 30.3 Å². The molecule has 0 amide bonds. The molecule has 2 aliphatic heterocycles. The highest BCUT2D eigenvalue weighted by Crippen LogP contribution is 2.28. The molecule has 2 saturated heterocycles. The number of anilines is 1. The van der Waals surface area contributed by atoms with E-state index in [0.717, 1.165) is 44.1 Å². The Labute approximate surface area is 114 Å². The van der Waals surface area contributed by atoms with Crippen molar-refractivity contribution in [2.45, 2.75) is 44.9 Å². The summed E-state index contributed by atoms with van der Waals surface area (Å²) in [5.41, 5.74) is 1.01. The number of fused-ring (bicyclic) bond motifs is 2. The third-order valence-corrected chi connectivity index (χ3v) is 3.79. The maximum atomic E-state index is 5.84. The van der Waals surface area contributed by atoms with Crippen LogP contribution in [0.2, 0.25) is 0 Å². The summed E-state index contributed by atoms with van der Waals surface area (Å²) in [6, 6.07) is 0. The van der Waals surface area contributed by atoms with Gasteiger partial charge in [0.25, 0.3) is 0 Å². The minimum Gasteiger partial charge on any atom is -0.371 e. The SMILES string of the molecule is CCCNCc1cnc(N2CC3CCC(C2)O3)cn1. The van der Waals surface area contributed by atoms with E-state index in [4.69, 9.17) is 4.74 Å². The van der Waals surface area contributed by atoms with Crippen LogP contribution in [0.5, 0.6) is 0 Å². The van der Waals surface area contributed by atoms with E-state index in [1.54, 1.807) is 0 Å². The number of nitrogens with zero attached hydrogens (tertiary/aromatic N) is 3. The van der Waals surface area contributed by atoms with Gasteiger partial charge in [-0.1, -0.05) is 6.92 Å². The Hall–Kier alpha value is -1.20. The fourth-order valence-corrected chi connectivity index (χ4v) is 2.80. The Bertz CT molecular complexity index is 396. The van der Waals surface area contributed by atoms with Gasteiger partial charge in [0, 0.05) is 19.6 Å². The highest BCUT2D eigenvalue weighted by atomic mass is 16.5. The van der Waals surface area contributed by atoms with Gasteiger partial charge in [-0.05, 0) is 25.8 Å². The summed E-state index contributed by atoms with van der Waals surface area (Å²) in [4.78, 5) is 11.3. The molecule has 1 aromatic rings. The quantitative estimate of drug-likeness (QED) is 0.812. The van der Waals surface area contributed by atoms with Crippen LogP contribution in [-0.4, -0.2) is 41.8 Å². The zero-order chi connectivity index (χ0) is 13.1. The monoisotopic (exact) mass is 262 g/mol. The molecule has 0 aliphatic carbocycles. The molecule has 104 valence electrons. The van der Waals surface area contributed by atoms with E-state index in [0.29, 0.717) is 12.2 Å². The summed E-state index contributed by atoms with van der Waals surface area (Å²) in [5, 5.41) is 3.34. The molecule has 0 radical (unpaired) electrons. The van der Waals surface area contributed by atoms with Crippen molar-refractivity contribution in [1.82, 2.24) is 15.3 Å². The van der Waals surface area contributed by atoms with Gasteiger partial charge in [-0.2, -0.15) is 0 Å². The molecule has 2 unspecified atom stereocenters. The zero-order valence-corrected chi connectivity index (χ0v) is 11.5. The lowest BCUT2D eigenvalue weighted by Gasteiger charge is -2.32.